The molecule has 1 unspecified atom stereocenters. The first-order chi connectivity index (χ1) is 13.2. The van der Waals surface area contributed by atoms with Gasteiger partial charge in [0.1, 0.15) is 17.4 Å². The minimum atomic E-state index is -0.355. The molecule has 1 amide bonds. The van der Waals surface area contributed by atoms with Crippen LogP contribution in [0.5, 0.6) is 0 Å². The molecule has 0 aliphatic carbocycles. The number of fused-ring (bicyclic) bond motifs is 1. The zero-order valence-electron chi connectivity index (χ0n) is 14.7. The summed E-state index contributed by atoms with van der Waals surface area (Å²) in [7, 11) is 1.90. The van der Waals surface area contributed by atoms with E-state index < -0.39 is 0 Å². The number of aromatic nitrogens is 3. The molecule has 0 saturated heterocycles. The monoisotopic (exact) mass is 358 g/mol. The first-order valence-electron chi connectivity index (χ1n) is 8.57. The average molecular weight is 358 g/mol. The van der Waals surface area contributed by atoms with E-state index in [0.717, 1.165) is 16.9 Å². The molecule has 134 valence electrons. The van der Waals surface area contributed by atoms with Crippen molar-refractivity contribution in [3.05, 3.63) is 90.3 Å². The third-order valence-electron chi connectivity index (χ3n) is 4.22. The molecule has 1 atom stereocenters. The lowest BCUT2D eigenvalue weighted by molar-refractivity contribution is -0.117. The van der Waals surface area contributed by atoms with E-state index >= 15 is 0 Å². The number of benzene rings is 2. The molecule has 0 spiro atoms. The van der Waals surface area contributed by atoms with Gasteiger partial charge in [-0.2, -0.15) is 0 Å². The van der Waals surface area contributed by atoms with Crippen molar-refractivity contribution in [3.63, 3.8) is 0 Å². The summed E-state index contributed by atoms with van der Waals surface area (Å²) in [5.74, 6) is 0.888. The minimum absolute atomic E-state index is 0.255. The smallest absolute Gasteiger partial charge is 0.245 e. The highest BCUT2D eigenvalue weighted by Crippen LogP contribution is 2.20. The Morgan fingerprint density at radius 3 is 2.67 bits per heavy atom. The minimum Gasteiger partial charge on any atom is -0.437 e. The van der Waals surface area contributed by atoms with Crippen molar-refractivity contribution >= 4 is 23.1 Å². The van der Waals surface area contributed by atoms with Crippen molar-refractivity contribution in [3.8, 4) is 0 Å². The van der Waals surface area contributed by atoms with Crippen molar-refractivity contribution in [1.29, 1.82) is 0 Å². The van der Waals surface area contributed by atoms with Crippen LogP contribution in [0.1, 0.15) is 23.3 Å². The van der Waals surface area contributed by atoms with Gasteiger partial charge in [0.25, 0.3) is 0 Å². The SMILES string of the molecule is Cn1ccnc1C(NC(=O)/C=C/c1nc2ccccc2o1)c1ccccc1. The second-order valence-corrected chi connectivity index (χ2v) is 6.10. The number of nitrogens with one attached hydrogen (secondary N) is 1. The molecular weight excluding hydrogens is 340 g/mol. The molecule has 27 heavy (non-hydrogen) atoms. The predicted molar refractivity (Wildman–Crippen MR) is 103 cm³/mol. The van der Waals surface area contributed by atoms with Crippen LogP contribution >= 0.6 is 0 Å². The van der Waals surface area contributed by atoms with Crippen LogP contribution in [0.4, 0.5) is 0 Å². The summed E-state index contributed by atoms with van der Waals surface area (Å²) in [6, 6.07) is 16.9. The topological polar surface area (TPSA) is 73.0 Å². The lowest BCUT2D eigenvalue weighted by Gasteiger charge is -2.18. The fourth-order valence-corrected chi connectivity index (χ4v) is 2.90. The Bertz CT molecular complexity index is 1060. The molecule has 2 aromatic carbocycles. The number of imidazole rings is 1. The van der Waals surface area contributed by atoms with Crippen LogP contribution in [0.15, 0.2) is 77.5 Å². The number of oxazole rings is 1. The Morgan fingerprint density at radius 1 is 1.15 bits per heavy atom. The normalized spacial score (nSPS) is 12.5. The Labute approximate surface area is 156 Å². The quantitative estimate of drug-likeness (QED) is 0.554. The number of para-hydroxylation sites is 2. The van der Waals surface area contributed by atoms with Gasteiger partial charge < -0.3 is 14.3 Å². The molecule has 2 aromatic heterocycles. The summed E-state index contributed by atoms with van der Waals surface area (Å²) in [6.07, 6.45) is 6.55. The highest BCUT2D eigenvalue weighted by molar-refractivity contribution is 5.92. The molecule has 1 N–H and O–H groups in total. The van der Waals surface area contributed by atoms with E-state index in [-0.39, 0.29) is 11.9 Å². The summed E-state index contributed by atoms with van der Waals surface area (Å²) < 4.78 is 7.50. The van der Waals surface area contributed by atoms with E-state index in [0.29, 0.717) is 11.5 Å². The number of aryl methyl sites for hydroxylation is 1. The van der Waals surface area contributed by atoms with Crippen molar-refractivity contribution in [2.75, 3.05) is 0 Å². The van der Waals surface area contributed by atoms with Gasteiger partial charge in [0.05, 0.1) is 0 Å². The van der Waals surface area contributed by atoms with Gasteiger partial charge in [0.2, 0.25) is 11.8 Å². The molecule has 4 rings (SSSR count). The van der Waals surface area contributed by atoms with Crippen LogP contribution in [-0.2, 0) is 11.8 Å². The molecule has 6 nitrogen and oxygen atoms in total. The molecule has 0 saturated carbocycles. The van der Waals surface area contributed by atoms with Crippen LogP contribution in [-0.4, -0.2) is 20.4 Å². The van der Waals surface area contributed by atoms with Crippen LogP contribution in [0.3, 0.4) is 0 Å². The summed E-state index contributed by atoms with van der Waals surface area (Å²) in [5, 5.41) is 3.00. The van der Waals surface area contributed by atoms with Crippen molar-refractivity contribution in [2.45, 2.75) is 6.04 Å². The molecule has 0 fully saturated rings. The summed E-state index contributed by atoms with van der Waals surface area (Å²) in [4.78, 5) is 21.2. The molecule has 6 heteroatoms. The van der Waals surface area contributed by atoms with Gasteiger partial charge in [-0.05, 0) is 17.7 Å². The zero-order chi connectivity index (χ0) is 18.6. The number of hydrogen-bond acceptors (Lipinski definition) is 4. The lowest BCUT2D eigenvalue weighted by Crippen LogP contribution is -2.29. The summed E-state index contributed by atoms with van der Waals surface area (Å²) in [5.41, 5.74) is 2.40. The average Bonchev–Trinajstić information content (AvgIpc) is 3.31. The molecule has 0 radical (unpaired) electrons. The third-order valence-corrected chi connectivity index (χ3v) is 4.22. The van der Waals surface area contributed by atoms with E-state index in [1.165, 1.54) is 6.08 Å². The van der Waals surface area contributed by atoms with E-state index in [4.69, 9.17) is 4.42 Å². The molecular formula is C21H18N4O2. The van der Waals surface area contributed by atoms with Gasteiger partial charge in [0, 0.05) is 31.6 Å². The number of amides is 1. The Balaban J connectivity index is 1.55. The maximum atomic E-state index is 12.5. The highest BCUT2D eigenvalue weighted by atomic mass is 16.3. The number of rotatable bonds is 5. The van der Waals surface area contributed by atoms with Crippen LogP contribution in [0.25, 0.3) is 17.2 Å². The fourth-order valence-electron chi connectivity index (χ4n) is 2.90. The second kappa shape index (κ2) is 7.29. The summed E-state index contributed by atoms with van der Waals surface area (Å²) >= 11 is 0. The van der Waals surface area contributed by atoms with E-state index in [1.807, 2.05) is 72.4 Å². The van der Waals surface area contributed by atoms with E-state index in [2.05, 4.69) is 15.3 Å². The third kappa shape index (κ3) is 3.64. The van der Waals surface area contributed by atoms with E-state index in [9.17, 15) is 4.79 Å². The van der Waals surface area contributed by atoms with Gasteiger partial charge in [-0.1, -0.05) is 42.5 Å². The highest BCUT2D eigenvalue weighted by Gasteiger charge is 2.19. The van der Waals surface area contributed by atoms with Gasteiger partial charge in [0.15, 0.2) is 5.58 Å². The molecule has 2 heterocycles. The number of carbonyl (C=O) groups is 1. The number of hydrogen-bond donors (Lipinski definition) is 1. The van der Waals surface area contributed by atoms with Crippen molar-refractivity contribution in [1.82, 2.24) is 19.9 Å². The Hall–Kier alpha value is -3.67. The maximum absolute atomic E-state index is 12.5. The largest absolute Gasteiger partial charge is 0.437 e. The Kier molecular flexibility index (Phi) is 4.53. The van der Waals surface area contributed by atoms with Gasteiger partial charge >= 0.3 is 0 Å². The van der Waals surface area contributed by atoms with Crippen molar-refractivity contribution < 1.29 is 9.21 Å². The maximum Gasteiger partial charge on any atom is 0.245 e. The van der Waals surface area contributed by atoms with Gasteiger partial charge in [-0.15, -0.1) is 0 Å². The number of carbonyl (C=O) groups excluding carboxylic acids is 1. The molecule has 0 bridgehead atoms. The van der Waals surface area contributed by atoms with E-state index in [1.54, 1.807) is 12.3 Å². The molecule has 4 aromatic rings. The first kappa shape index (κ1) is 16.8. The van der Waals surface area contributed by atoms with Crippen molar-refractivity contribution in [2.24, 2.45) is 7.05 Å². The summed E-state index contributed by atoms with van der Waals surface area (Å²) in [6.45, 7) is 0. The first-order valence-corrected chi connectivity index (χ1v) is 8.57. The lowest BCUT2D eigenvalue weighted by atomic mass is 10.1. The van der Waals surface area contributed by atoms with Gasteiger partial charge in [-0.25, -0.2) is 9.97 Å². The zero-order valence-corrected chi connectivity index (χ0v) is 14.7. The van der Waals surface area contributed by atoms with Crippen LogP contribution < -0.4 is 5.32 Å². The van der Waals surface area contributed by atoms with Gasteiger partial charge in [-0.3, -0.25) is 4.79 Å². The van der Waals surface area contributed by atoms with Crippen LogP contribution in [0.2, 0.25) is 0 Å². The second-order valence-electron chi connectivity index (χ2n) is 6.10. The standard InChI is InChI=1S/C21H18N4O2/c1-25-14-13-22-21(25)20(15-7-3-2-4-8-15)24-18(26)11-12-19-23-16-9-5-6-10-17(16)27-19/h2-14,20H,1H3,(H,24,26)/b12-11+. The predicted octanol–water partition coefficient (Wildman–Crippen LogP) is 3.48. The Morgan fingerprint density at radius 2 is 1.93 bits per heavy atom. The number of nitrogens with zero attached hydrogens (tertiary/aromatic N) is 3. The fraction of sp³-hybridized carbons (Fsp3) is 0.0952. The van der Waals surface area contributed by atoms with Crippen LogP contribution in [0, 0.1) is 0 Å². The molecule has 0 aliphatic rings. The molecule has 0 aliphatic heterocycles.